The average molecular weight is 419 g/mol. The summed E-state index contributed by atoms with van der Waals surface area (Å²) in [4.78, 5) is 25.2. The van der Waals surface area contributed by atoms with Crippen molar-refractivity contribution in [3.8, 4) is 5.75 Å². The van der Waals surface area contributed by atoms with E-state index in [4.69, 9.17) is 4.74 Å². The number of rotatable bonds is 6. The standard InChI is InChI=1S/C22H20F3NO4/c1-3-4-8-30-18(27)10-15-12(2)26(22(29)13-6-5-7-14(23)9-13)17-11-16(24)21(28)20(25)19(15)17/h5-7,9,11,28H,3-4,8,10H2,1-2H3. The molecule has 0 aliphatic carbocycles. The molecular formula is C22H20F3NO4. The Hall–Kier alpha value is -3.29. The number of carbonyl (C=O) groups is 2. The van der Waals surface area contributed by atoms with E-state index in [1.54, 1.807) is 0 Å². The summed E-state index contributed by atoms with van der Waals surface area (Å²) < 4.78 is 48.5. The first kappa shape index (κ1) is 21.4. The van der Waals surface area contributed by atoms with E-state index in [2.05, 4.69) is 0 Å². The first-order chi connectivity index (χ1) is 14.3. The number of nitrogens with zero attached hydrogens (tertiary/aromatic N) is 1. The Labute approximate surface area is 170 Å². The molecule has 0 amide bonds. The Kier molecular flexibility index (Phi) is 6.14. The van der Waals surface area contributed by atoms with Crippen LogP contribution in [-0.2, 0) is 16.0 Å². The molecule has 1 heterocycles. The molecular weight excluding hydrogens is 399 g/mol. The molecule has 1 N–H and O–H groups in total. The van der Waals surface area contributed by atoms with Gasteiger partial charge in [-0.05, 0) is 37.1 Å². The highest BCUT2D eigenvalue weighted by atomic mass is 19.1. The molecule has 0 aliphatic rings. The van der Waals surface area contributed by atoms with Gasteiger partial charge in [-0.1, -0.05) is 19.4 Å². The van der Waals surface area contributed by atoms with Crippen molar-refractivity contribution in [1.29, 1.82) is 0 Å². The summed E-state index contributed by atoms with van der Waals surface area (Å²) in [5, 5.41) is 9.46. The number of fused-ring (bicyclic) bond motifs is 1. The van der Waals surface area contributed by atoms with Gasteiger partial charge >= 0.3 is 5.97 Å². The van der Waals surface area contributed by atoms with Gasteiger partial charge in [-0.25, -0.2) is 13.2 Å². The molecule has 158 valence electrons. The van der Waals surface area contributed by atoms with Gasteiger partial charge < -0.3 is 9.84 Å². The van der Waals surface area contributed by atoms with Crippen molar-refractivity contribution < 1.29 is 32.6 Å². The Morgan fingerprint density at radius 2 is 1.90 bits per heavy atom. The molecule has 0 radical (unpaired) electrons. The number of phenols is 1. The maximum Gasteiger partial charge on any atom is 0.310 e. The molecule has 0 saturated carbocycles. The van der Waals surface area contributed by atoms with E-state index in [1.807, 2.05) is 6.92 Å². The van der Waals surface area contributed by atoms with Crippen LogP contribution in [0, 0.1) is 24.4 Å². The highest BCUT2D eigenvalue weighted by molar-refractivity contribution is 6.05. The molecule has 0 aliphatic heterocycles. The van der Waals surface area contributed by atoms with Gasteiger partial charge in [0.2, 0.25) is 0 Å². The van der Waals surface area contributed by atoms with Gasteiger partial charge in [0, 0.05) is 22.7 Å². The molecule has 1 aromatic heterocycles. The summed E-state index contributed by atoms with van der Waals surface area (Å²) in [5.41, 5.74) is 0.0338. The van der Waals surface area contributed by atoms with E-state index < -0.39 is 35.1 Å². The second kappa shape index (κ2) is 8.61. The molecule has 0 saturated heterocycles. The van der Waals surface area contributed by atoms with Crippen LogP contribution >= 0.6 is 0 Å². The molecule has 30 heavy (non-hydrogen) atoms. The summed E-state index contributed by atoms with van der Waals surface area (Å²) in [7, 11) is 0. The number of esters is 1. The lowest BCUT2D eigenvalue weighted by molar-refractivity contribution is -0.142. The third kappa shape index (κ3) is 3.90. The lowest BCUT2D eigenvalue weighted by Crippen LogP contribution is -2.15. The summed E-state index contributed by atoms with van der Waals surface area (Å²) in [6.07, 6.45) is 1.10. The fourth-order valence-corrected chi connectivity index (χ4v) is 3.31. The molecule has 0 unspecified atom stereocenters. The monoisotopic (exact) mass is 419 g/mol. The number of hydrogen-bond acceptors (Lipinski definition) is 4. The largest absolute Gasteiger partial charge is 0.503 e. The molecule has 8 heteroatoms. The van der Waals surface area contributed by atoms with Crippen LogP contribution in [-0.4, -0.2) is 28.2 Å². The van der Waals surface area contributed by atoms with Crippen molar-refractivity contribution >= 4 is 22.8 Å². The fourth-order valence-electron chi connectivity index (χ4n) is 3.31. The number of phenolic OH excluding ortho intramolecular Hbond substituents is 1. The number of ether oxygens (including phenoxy) is 1. The van der Waals surface area contributed by atoms with Gasteiger partial charge in [0.1, 0.15) is 5.82 Å². The van der Waals surface area contributed by atoms with E-state index >= 15 is 0 Å². The van der Waals surface area contributed by atoms with E-state index in [1.165, 1.54) is 19.1 Å². The first-order valence-corrected chi connectivity index (χ1v) is 9.43. The minimum atomic E-state index is -1.28. The van der Waals surface area contributed by atoms with E-state index in [0.29, 0.717) is 6.42 Å². The molecule has 0 fully saturated rings. The van der Waals surface area contributed by atoms with Gasteiger partial charge in [0.05, 0.1) is 18.5 Å². The highest BCUT2D eigenvalue weighted by Crippen LogP contribution is 2.35. The highest BCUT2D eigenvalue weighted by Gasteiger charge is 2.27. The fraction of sp³-hybridized carbons (Fsp3) is 0.273. The maximum atomic E-state index is 14.8. The van der Waals surface area contributed by atoms with Crippen LogP contribution in [0.5, 0.6) is 5.75 Å². The minimum Gasteiger partial charge on any atom is -0.503 e. The zero-order valence-electron chi connectivity index (χ0n) is 16.5. The van der Waals surface area contributed by atoms with Gasteiger partial charge in [-0.2, -0.15) is 0 Å². The topological polar surface area (TPSA) is 68.5 Å². The number of hydrogen-bond donors (Lipinski definition) is 1. The van der Waals surface area contributed by atoms with Crippen LogP contribution < -0.4 is 0 Å². The third-order valence-electron chi connectivity index (χ3n) is 4.84. The number of benzene rings is 2. The number of aromatic nitrogens is 1. The molecule has 3 aromatic rings. The maximum absolute atomic E-state index is 14.8. The predicted octanol–water partition coefficient (Wildman–Crippen LogP) is 4.65. The summed E-state index contributed by atoms with van der Waals surface area (Å²) in [6.45, 7) is 3.58. The lowest BCUT2D eigenvalue weighted by Gasteiger charge is -2.08. The number of halogens is 3. The Morgan fingerprint density at radius 1 is 1.17 bits per heavy atom. The number of aromatic hydroxyl groups is 1. The van der Waals surface area contributed by atoms with Crippen LogP contribution in [0.25, 0.3) is 10.9 Å². The van der Waals surface area contributed by atoms with Crippen LogP contribution in [0.2, 0.25) is 0 Å². The van der Waals surface area contributed by atoms with Crippen molar-refractivity contribution in [3.05, 3.63) is 64.6 Å². The second-order valence-electron chi connectivity index (χ2n) is 6.88. The van der Waals surface area contributed by atoms with Gasteiger partial charge in [-0.3, -0.25) is 14.2 Å². The molecule has 0 bridgehead atoms. The molecule has 3 rings (SSSR count). The van der Waals surface area contributed by atoms with Crippen molar-refractivity contribution in [2.45, 2.75) is 33.1 Å². The van der Waals surface area contributed by atoms with Crippen LogP contribution in [0.3, 0.4) is 0 Å². The zero-order chi connectivity index (χ0) is 22.0. The normalized spacial score (nSPS) is 11.1. The smallest absolute Gasteiger partial charge is 0.310 e. The average Bonchev–Trinajstić information content (AvgIpc) is 2.97. The van der Waals surface area contributed by atoms with Crippen molar-refractivity contribution in [3.63, 3.8) is 0 Å². The first-order valence-electron chi connectivity index (χ1n) is 9.43. The molecule has 0 atom stereocenters. The SMILES string of the molecule is CCCCOC(=O)Cc1c(C)n(C(=O)c2cccc(F)c2)c2cc(F)c(O)c(F)c12. The van der Waals surface area contributed by atoms with Crippen LogP contribution in [0.1, 0.15) is 41.4 Å². The van der Waals surface area contributed by atoms with Crippen molar-refractivity contribution in [1.82, 2.24) is 4.57 Å². The van der Waals surface area contributed by atoms with E-state index in [0.717, 1.165) is 29.2 Å². The van der Waals surface area contributed by atoms with Gasteiger partial charge in [0.15, 0.2) is 17.4 Å². The third-order valence-corrected chi connectivity index (χ3v) is 4.84. The second-order valence-corrected chi connectivity index (χ2v) is 6.88. The molecule has 5 nitrogen and oxygen atoms in total. The van der Waals surface area contributed by atoms with Gasteiger partial charge in [-0.15, -0.1) is 0 Å². The van der Waals surface area contributed by atoms with Crippen LogP contribution in [0.15, 0.2) is 30.3 Å². The Balaban J connectivity index is 2.17. The Bertz CT molecular complexity index is 1140. The minimum absolute atomic E-state index is 0.0408. The lowest BCUT2D eigenvalue weighted by atomic mass is 10.1. The van der Waals surface area contributed by atoms with E-state index in [9.17, 15) is 27.9 Å². The molecule has 2 aromatic carbocycles. The quantitative estimate of drug-likeness (QED) is 0.467. The summed E-state index contributed by atoms with van der Waals surface area (Å²) >= 11 is 0. The number of carbonyl (C=O) groups excluding carboxylic acids is 2. The Morgan fingerprint density at radius 3 is 2.57 bits per heavy atom. The summed E-state index contributed by atoms with van der Waals surface area (Å²) in [5.74, 6) is -5.78. The van der Waals surface area contributed by atoms with Gasteiger partial charge in [0.25, 0.3) is 5.91 Å². The zero-order valence-corrected chi connectivity index (χ0v) is 16.5. The molecule has 0 spiro atoms. The predicted molar refractivity (Wildman–Crippen MR) is 104 cm³/mol. The van der Waals surface area contributed by atoms with Crippen LogP contribution in [0.4, 0.5) is 13.2 Å². The van der Waals surface area contributed by atoms with E-state index in [-0.39, 0.29) is 40.8 Å². The summed E-state index contributed by atoms with van der Waals surface area (Å²) in [6, 6.07) is 5.67. The van der Waals surface area contributed by atoms with Crippen molar-refractivity contribution in [2.75, 3.05) is 6.61 Å². The number of unbranched alkanes of at least 4 members (excludes halogenated alkanes) is 1. The van der Waals surface area contributed by atoms with Crippen molar-refractivity contribution in [2.24, 2.45) is 0 Å².